The van der Waals surface area contributed by atoms with Crippen LogP contribution in [0.25, 0.3) is 0 Å². The molecule has 0 atom stereocenters. The topological polar surface area (TPSA) is 75.5 Å². The molecule has 1 N–H and O–H groups in total. The van der Waals surface area contributed by atoms with E-state index in [2.05, 4.69) is 5.32 Å². The largest absolute Gasteiger partial charge is 0.387 e. The Morgan fingerprint density at radius 3 is 2.62 bits per heavy atom. The van der Waals surface area contributed by atoms with Crippen molar-refractivity contribution in [3.63, 3.8) is 0 Å². The number of amides is 1. The molecule has 0 spiro atoms. The third kappa shape index (κ3) is 3.51. The van der Waals surface area contributed by atoms with E-state index < -0.39 is 4.92 Å². The predicted octanol–water partition coefficient (Wildman–Crippen LogP) is 2.90. The highest BCUT2D eigenvalue weighted by molar-refractivity contribution is 6.00. The number of rotatable bonds is 6. The monoisotopic (exact) mass is 291 g/mol. The number of benzene rings is 1. The molecule has 1 amide bonds. The molecule has 0 aliphatic heterocycles. The minimum absolute atomic E-state index is 0.0625. The zero-order valence-electron chi connectivity index (χ0n) is 12.6. The second-order valence-electron chi connectivity index (χ2n) is 5.73. The molecule has 1 aromatic carbocycles. The maximum Gasteiger partial charge on any atom is 0.270 e. The second-order valence-corrected chi connectivity index (χ2v) is 5.73. The van der Waals surface area contributed by atoms with Crippen molar-refractivity contribution in [1.82, 2.24) is 4.90 Å². The van der Waals surface area contributed by atoms with Crippen LogP contribution in [0.4, 0.5) is 11.4 Å². The SMILES string of the molecule is CNc1ccc([N+](=O)[O-])cc1C(=O)N(CC1CC1)C(C)C. The first-order valence-corrected chi connectivity index (χ1v) is 7.21. The van der Waals surface area contributed by atoms with E-state index in [0.29, 0.717) is 17.2 Å². The molecule has 1 fully saturated rings. The fourth-order valence-corrected chi connectivity index (χ4v) is 2.30. The number of nitrogens with one attached hydrogen (secondary N) is 1. The van der Waals surface area contributed by atoms with Crippen LogP contribution in [0.3, 0.4) is 0 Å². The minimum Gasteiger partial charge on any atom is -0.387 e. The molecule has 0 radical (unpaired) electrons. The van der Waals surface area contributed by atoms with Gasteiger partial charge in [0.2, 0.25) is 0 Å². The standard InChI is InChI=1S/C15H21N3O3/c1-10(2)17(9-11-4-5-11)15(19)13-8-12(18(20)21)6-7-14(13)16-3/h6-8,10-11,16H,4-5,9H2,1-3H3. The number of anilines is 1. The van der Waals surface area contributed by atoms with E-state index >= 15 is 0 Å². The molecule has 0 heterocycles. The molecular formula is C15H21N3O3. The zero-order valence-corrected chi connectivity index (χ0v) is 12.6. The van der Waals surface area contributed by atoms with Gasteiger partial charge in [0.25, 0.3) is 11.6 Å². The highest BCUT2D eigenvalue weighted by atomic mass is 16.6. The molecule has 0 aromatic heterocycles. The van der Waals surface area contributed by atoms with Crippen LogP contribution in [0, 0.1) is 16.0 Å². The molecule has 114 valence electrons. The molecule has 6 heteroatoms. The summed E-state index contributed by atoms with van der Waals surface area (Å²) in [7, 11) is 1.71. The fourth-order valence-electron chi connectivity index (χ4n) is 2.30. The van der Waals surface area contributed by atoms with Gasteiger partial charge in [0.15, 0.2) is 0 Å². The summed E-state index contributed by atoms with van der Waals surface area (Å²) in [4.78, 5) is 25.0. The molecule has 0 saturated heterocycles. The van der Waals surface area contributed by atoms with Crippen molar-refractivity contribution in [3.8, 4) is 0 Å². The van der Waals surface area contributed by atoms with E-state index in [1.165, 1.54) is 12.1 Å². The number of non-ortho nitro benzene ring substituents is 1. The summed E-state index contributed by atoms with van der Waals surface area (Å²) in [6, 6.07) is 4.42. The number of hydrogen-bond donors (Lipinski definition) is 1. The smallest absolute Gasteiger partial charge is 0.270 e. The van der Waals surface area contributed by atoms with Crippen LogP contribution in [0.15, 0.2) is 18.2 Å². The van der Waals surface area contributed by atoms with Crippen molar-refractivity contribution >= 4 is 17.3 Å². The fraction of sp³-hybridized carbons (Fsp3) is 0.533. The van der Waals surface area contributed by atoms with Crippen molar-refractivity contribution in [2.45, 2.75) is 32.7 Å². The highest BCUT2D eigenvalue weighted by Gasteiger charge is 2.30. The average Bonchev–Trinajstić information content (AvgIpc) is 3.27. The first-order chi connectivity index (χ1) is 9.93. The van der Waals surface area contributed by atoms with Crippen LogP contribution in [-0.2, 0) is 0 Å². The molecule has 1 aliphatic carbocycles. The van der Waals surface area contributed by atoms with Gasteiger partial charge >= 0.3 is 0 Å². The lowest BCUT2D eigenvalue weighted by Gasteiger charge is -2.27. The predicted molar refractivity (Wildman–Crippen MR) is 81.5 cm³/mol. The molecular weight excluding hydrogens is 270 g/mol. The van der Waals surface area contributed by atoms with Crippen molar-refractivity contribution in [2.24, 2.45) is 5.92 Å². The number of nitrogens with zero attached hydrogens (tertiary/aromatic N) is 2. The Labute approximate surface area is 124 Å². The molecule has 1 aromatic rings. The number of nitro groups is 1. The molecule has 0 bridgehead atoms. The van der Waals surface area contributed by atoms with Crippen LogP contribution in [-0.4, -0.2) is 35.4 Å². The summed E-state index contributed by atoms with van der Waals surface area (Å²) >= 11 is 0. The van der Waals surface area contributed by atoms with Crippen molar-refractivity contribution in [1.29, 1.82) is 0 Å². The number of hydrogen-bond acceptors (Lipinski definition) is 4. The summed E-state index contributed by atoms with van der Waals surface area (Å²) in [5.41, 5.74) is 0.917. The molecule has 21 heavy (non-hydrogen) atoms. The van der Waals surface area contributed by atoms with E-state index in [0.717, 1.165) is 19.4 Å². The van der Waals surface area contributed by atoms with Crippen LogP contribution in [0.1, 0.15) is 37.0 Å². The molecule has 0 unspecified atom stereocenters. The Hall–Kier alpha value is -2.11. The van der Waals surface area contributed by atoms with Crippen molar-refractivity contribution in [2.75, 3.05) is 18.9 Å². The molecule has 1 aliphatic rings. The Morgan fingerprint density at radius 2 is 2.14 bits per heavy atom. The van der Waals surface area contributed by atoms with Crippen LogP contribution in [0.2, 0.25) is 0 Å². The summed E-state index contributed by atoms with van der Waals surface area (Å²) in [6.45, 7) is 4.66. The lowest BCUT2D eigenvalue weighted by atomic mass is 10.1. The van der Waals surface area contributed by atoms with Gasteiger partial charge in [-0.3, -0.25) is 14.9 Å². The van der Waals surface area contributed by atoms with Gasteiger partial charge in [0.1, 0.15) is 0 Å². The lowest BCUT2D eigenvalue weighted by molar-refractivity contribution is -0.384. The minimum atomic E-state index is -0.475. The van der Waals surface area contributed by atoms with Gasteiger partial charge in [-0.1, -0.05) is 0 Å². The normalized spacial score (nSPS) is 14.1. The Balaban J connectivity index is 2.34. The highest BCUT2D eigenvalue weighted by Crippen LogP contribution is 2.32. The molecule has 2 rings (SSSR count). The third-order valence-corrected chi connectivity index (χ3v) is 3.75. The van der Waals surface area contributed by atoms with E-state index in [4.69, 9.17) is 0 Å². The maximum atomic E-state index is 12.8. The molecule has 6 nitrogen and oxygen atoms in total. The van der Waals surface area contributed by atoms with Gasteiger partial charge in [0.05, 0.1) is 10.5 Å². The van der Waals surface area contributed by atoms with Gasteiger partial charge in [0, 0.05) is 37.5 Å². The van der Waals surface area contributed by atoms with Crippen LogP contribution < -0.4 is 5.32 Å². The van der Waals surface area contributed by atoms with Crippen molar-refractivity contribution in [3.05, 3.63) is 33.9 Å². The summed E-state index contributed by atoms with van der Waals surface area (Å²) in [5.74, 6) is 0.429. The van der Waals surface area contributed by atoms with Gasteiger partial charge in [-0.05, 0) is 38.7 Å². The second kappa shape index (κ2) is 6.11. The van der Waals surface area contributed by atoms with Gasteiger partial charge in [-0.15, -0.1) is 0 Å². The Morgan fingerprint density at radius 1 is 1.48 bits per heavy atom. The number of nitro benzene ring substituents is 1. The van der Waals surface area contributed by atoms with Crippen LogP contribution in [0.5, 0.6) is 0 Å². The van der Waals surface area contributed by atoms with E-state index in [9.17, 15) is 14.9 Å². The Bertz CT molecular complexity index is 553. The summed E-state index contributed by atoms with van der Waals surface area (Å²) in [6.07, 6.45) is 2.31. The van der Waals surface area contributed by atoms with Gasteiger partial charge < -0.3 is 10.2 Å². The number of carbonyl (C=O) groups is 1. The lowest BCUT2D eigenvalue weighted by Crippen LogP contribution is -2.38. The average molecular weight is 291 g/mol. The zero-order chi connectivity index (χ0) is 15.6. The first kappa shape index (κ1) is 15.3. The maximum absolute atomic E-state index is 12.8. The first-order valence-electron chi connectivity index (χ1n) is 7.21. The van der Waals surface area contributed by atoms with E-state index in [1.807, 2.05) is 13.8 Å². The van der Waals surface area contributed by atoms with Gasteiger partial charge in [-0.2, -0.15) is 0 Å². The van der Waals surface area contributed by atoms with Crippen molar-refractivity contribution < 1.29 is 9.72 Å². The van der Waals surface area contributed by atoms with Gasteiger partial charge in [-0.25, -0.2) is 0 Å². The number of carbonyl (C=O) groups excluding carboxylic acids is 1. The van der Waals surface area contributed by atoms with Crippen LogP contribution >= 0.6 is 0 Å². The third-order valence-electron chi connectivity index (χ3n) is 3.75. The molecule has 1 saturated carbocycles. The Kier molecular flexibility index (Phi) is 4.45. The summed E-state index contributed by atoms with van der Waals surface area (Å²) in [5, 5.41) is 13.9. The van der Waals surface area contributed by atoms with E-state index in [1.54, 1.807) is 18.0 Å². The summed E-state index contributed by atoms with van der Waals surface area (Å²) < 4.78 is 0. The quantitative estimate of drug-likeness (QED) is 0.646. The van der Waals surface area contributed by atoms with E-state index in [-0.39, 0.29) is 17.6 Å².